The van der Waals surface area contributed by atoms with E-state index in [9.17, 15) is 4.79 Å². The molecule has 3 nitrogen and oxygen atoms in total. The molecule has 0 aliphatic heterocycles. The Morgan fingerprint density at radius 3 is 2.71 bits per heavy atom. The van der Waals surface area contributed by atoms with Gasteiger partial charge in [0.15, 0.2) is 0 Å². The van der Waals surface area contributed by atoms with E-state index in [0.717, 1.165) is 15.3 Å². The van der Waals surface area contributed by atoms with E-state index in [1.54, 1.807) is 24.3 Å². The molecular weight excluding hydrogens is 304 g/mol. The Labute approximate surface area is 132 Å². The summed E-state index contributed by atoms with van der Waals surface area (Å²) >= 11 is 7.55. The molecule has 5 heteroatoms. The summed E-state index contributed by atoms with van der Waals surface area (Å²) in [5.41, 5.74) is 1.45. The first-order chi connectivity index (χ1) is 10.0. The van der Waals surface area contributed by atoms with Gasteiger partial charge in [0.25, 0.3) is 5.91 Å². The fourth-order valence-electron chi connectivity index (χ4n) is 1.75. The van der Waals surface area contributed by atoms with Gasteiger partial charge in [0, 0.05) is 20.5 Å². The van der Waals surface area contributed by atoms with Gasteiger partial charge in [-0.2, -0.15) is 5.26 Å². The van der Waals surface area contributed by atoms with Crippen molar-refractivity contribution in [2.45, 2.75) is 13.8 Å². The summed E-state index contributed by atoms with van der Waals surface area (Å²) in [7, 11) is 0. The van der Waals surface area contributed by atoms with Crippen LogP contribution in [0.2, 0.25) is 5.02 Å². The number of nitriles is 1. The second kappa shape index (κ2) is 6.57. The normalized spacial score (nSPS) is 11.0. The molecule has 0 atom stereocenters. The minimum absolute atomic E-state index is 0.0659. The number of halogens is 1. The summed E-state index contributed by atoms with van der Waals surface area (Å²) in [5, 5.41) is 12.5. The van der Waals surface area contributed by atoms with Crippen LogP contribution < -0.4 is 5.32 Å². The van der Waals surface area contributed by atoms with Gasteiger partial charge in [-0.05, 0) is 49.8 Å². The molecule has 1 amide bonds. The lowest BCUT2D eigenvalue weighted by Crippen LogP contribution is -2.14. The Kier molecular flexibility index (Phi) is 4.79. The number of anilines is 1. The van der Waals surface area contributed by atoms with Crippen molar-refractivity contribution in [3.63, 3.8) is 0 Å². The molecule has 0 spiro atoms. The van der Waals surface area contributed by atoms with Crippen LogP contribution in [0.5, 0.6) is 0 Å². The van der Waals surface area contributed by atoms with Crippen LogP contribution in [0, 0.1) is 25.2 Å². The molecule has 21 heavy (non-hydrogen) atoms. The highest BCUT2D eigenvalue weighted by molar-refractivity contribution is 7.12. The molecule has 0 aliphatic carbocycles. The van der Waals surface area contributed by atoms with Crippen molar-refractivity contribution in [2.24, 2.45) is 0 Å². The van der Waals surface area contributed by atoms with E-state index in [1.807, 2.05) is 32.0 Å². The summed E-state index contributed by atoms with van der Waals surface area (Å²) in [6.45, 7) is 3.79. The maximum atomic E-state index is 12.2. The van der Waals surface area contributed by atoms with Gasteiger partial charge >= 0.3 is 0 Å². The predicted octanol–water partition coefficient (Wildman–Crippen LogP) is 4.56. The Morgan fingerprint density at radius 1 is 1.33 bits per heavy atom. The SMILES string of the molecule is Cc1ccc(/C=C(\C#N)C(=O)Nc2cccc(Cl)c2C)s1. The van der Waals surface area contributed by atoms with Crippen LogP contribution in [0.4, 0.5) is 5.69 Å². The van der Waals surface area contributed by atoms with Crippen molar-refractivity contribution in [3.05, 3.63) is 56.2 Å². The van der Waals surface area contributed by atoms with Crippen molar-refractivity contribution in [1.82, 2.24) is 0 Å². The zero-order valence-electron chi connectivity index (χ0n) is 11.6. The fraction of sp³-hybridized carbons (Fsp3) is 0.125. The highest BCUT2D eigenvalue weighted by Crippen LogP contribution is 2.24. The third-order valence-corrected chi connectivity index (χ3v) is 4.29. The van der Waals surface area contributed by atoms with Crippen LogP contribution in [0.15, 0.2) is 35.9 Å². The van der Waals surface area contributed by atoms with E-state index in [2.05, 4.69) is 5.32 Å². The molecule has 1 aromatic heterocycles. The van der Waals surface area contributed by atoms with Crippen molar-refractivity contribution >= 4 is 40.6 Å². The van der Waals surface area contributed by atoms with Crippen molar-refractivity contribution in [2.75, 3.05) is 5.32 Å². The molecule has 0 unspecified atom stereocenters. The van der Waals surface area contributed by atoms with Gasteiger partial charge < -0.3 is 5.32 Å². The van der Waals surface area contributed by atoms with E-state index in [1.165, 1.54) is 11.3 Å². The molecule has 2 aromatic rings. The highest BCUT2D eigenvalue weighted by Gasteiger charge is 2.12. The number of hydrogen-bond donors (Lipinski definition) is 1. The Morgan fingerprint density at radius 2 is 2.10 bits per heavy atom. The van der Waals surface area contributed by atoms with E-state index < -0.39 is 5.91 Å². The quantitative estimate of drug-likeness (QED) is 0.666. The number of thiophene rings is 1. The van der Waals surface area contributed by atoms with Crippen molar-refractivity contribution in [1.29, 1.82) is 5.26 Å². The lowest BCUT2D eigenvalue weighted by atomic mass is 10.1. The van der Waals surface area contributed by atoms with Crippen molar-refractivity contribution in [3.8, 4) is 6.07 Å². The average Bonchev–Trinajstić information content (AvgIpc) is 2.86. The second-order valence-corrected chi connectivity index (χ2v) is 6.21. The summed E-state index contributed by atoms with van der Waals surface area (Å²) < 4.78 is 0. The number of aryl methyl sites for hydroxylation is 1. The van der Waals surface area contributed by atoms with E-state index >= 15 is 0 Å². The number of benzene rings is 1. The van der Waals surface area contributed by atoms with Gasteiger partial charge in [-0.1, -0.05) is 17.7 Å². The van der Waals surface area contributed by atoms with Gasteiger partial charge in [-0.3, -0.25) is 4.79 Å². The summed E-state index contributed by atoms with van der Waals surface area (Å²) in [6.07, 6.45) is 1.59. The number of nitrogens with one attached hydrogen (secondary N) is 1. The number of rotatable bonds is 3. The number of amides is 1. The van der Waals surface area contributed by atoms with Crippen LogP contribution in [-0.4, -0.2) is 5.91 Å². The number of carbonyl (C=O) groups excluding carboxylic acids is 1. The monoisotopic (exact) mass is 316 g/mol. The average molecular weight is 317 g/mol. The Bertz CT molecular complexity index is 756. The van der Waals surface area contributed by atoms with Gasteiger partial charge in [-0.25, -0.2) is 0 Å². The molecule has 0 bridgehead atoms. The van der Waals surface area contributed by atoms with Crippen LogP contribution in [0.1, 0.15) is 15.3 Å². The number of nitrogens with zero attached hydrogens (tertiary/aromatic N) is 1. The number of hydrogen-bond acceptors (Lipinski definition) is 3. The third-order valence-electron chi connectivity index (χ3n) is 2.93. The Hall–Kier alpha value is -2.09. The van der Waals surface area contributed by atoms with Crippen LogP contribution in [-0.2, 0) is 4.79 Å². The van der Waals surface area contributed by atoms with Crippen LogP contribution in [0.3, 0.4) is 0 Å². The van der Waals surface area contributed by atoms with Crippen LogP contribution in [0.25, 0.3) is 6.08 Å². The van der Waals surface area contributed by atoms with E-state index in [0.29, 0.717) is 10.7 Å². The first-order valence-corrected chi connectivity index (χ1v) is 7.45. The molecule has 1 aromatic carbocycles. The van der Waals surface area contributed by atoms with Gasteiger partial charge in [0.05, 0.1) is 0 Å². The molecule has 0 radical (unpaired) electrons. The topological polar surface area (TPSA) is 52.9 Å². The first kappa shape index (κ1) is 15.3. The maximum Gasteiger partial charge on any atom is 0.266 e. The lowest BCUT2D eigenvalue weighted by Gasteiger charge is -2.08. The molecular formula is C16H13ClN2OS. The minimum atomic E-state index is -0.436. The molecule has 1 heterocycles. The van der Waals surface area contributed by atoms with Gasteiger partial charge in [-0.15, -0.1) is 11.3 Å². The molecule has 0 fully saturated rings. The summed E-state index contributed by atoms with van der Waals surface area (Å²) in [6, 6.07) is 11.0. The predicted molar refractivity (Wildman–Crippen MR) is 87.5 cm³/mol. The van der Waals surface area contributed by atoms with Gasteiger partial charge in [0.1, 0.15) is 11.6 Å². The van der Waals surface area contributed by atoms with E-state index in [-0.39, 0.29) is 5.57 Å². The maximum absolute atomic E-state index is 12.2. The Balaban J connectivity index is 2.24. The molecule has 0 saturated carbocycles. The second-order valence-electron chi connectivity index (χ2n) is 4.48. The standard InChI is InChI=1S/C16H13ClN2OS/c1-10-6-7-13(21-10)8-12(9-18)16(20)19-15-5-3-4-14(17)11(15)2/h3-8H,1-2H3,(H,19,20)/b12-8+. The van der Waals surface area contributed by atoms with Gasteiger partial charge in [0.2, 0.25) is 0 Å². The lowest BCUT2D eigenvalue weighted by molar-refractivity contribution is -0.112. The highest BCUT2D eigenvalue weighted by atomic mass is 35.5. The molecule has 0 aliphatic rings. The fourth-order valence-corrected chi connectivity index (χ4v) is 2.75. The molecule has 0 saturated heterocycles. The van der Waals surface area contributed by atoms with Crippen molar-refractivity contribution < 1.29 is 4.79 Å². The minimum Gasteiger partial charge on any atom is -0.321 e. The molecule has 2 rings (SSSR count). The van der Waals surface area contributed by atoms with Crippen LogP contribution >= 0.6 is 22.9 Å². The first-order valence-electron chi connectivity index (χ1n) is 6.26. The summed E-state index contributed by atoms with van der Waals surface area (Å²) in [4.78, 5) is 14.2. The summed E-state index contributed by atoms with van der Waals surface area (Å²) in [5.74, 6) is -0.436. The third kappa shape index (κ3) is 3.72. The largest absolute Gasteiger partial charge is 0.321 e. The molecule has 1 N–H and O–H groups in total. The zero-order chi connectivity index (χ0) is 15.4. The smallest absolute Gasteiger partial charge is 0.266 e. The van der Waals surface area contributed by atoms with E-state index in [4.69, 9.17) is 16.9 Å². The number of carbonyl (C=O) groups is 1. The molecule has 106 valence electrons. The zero-order valence-corrected chi connectivity index (χ0v) is 13.2.